The Hall–Kier alpha value is -1.34. The highest BCUT2D eigenvalue weighted by Gasteiger charge is 2.05. The van der Waals surface area contributed by atoms with Crippen LogP contribution in [0.5, 0.6) is 0 Å². The number of nitrogens with one attached hydrogen (secondary N) is 1. The molecule has 0 bridgehead atoms. The Bertz CT molecular complexity index is 301. The van der Waals surface area contributed by atoms with Crippen molar-refractivity contribution >= 4 is 0 Å². The smallest absolute Gasteiger partial charge is 0.0927 e. The van der Waals surface area contributed by atoms with E-state index in [1.54, 1.807) is 0 Å². The summed E-state index contributed by atoms with van der Waals surface area (Å²) >= 11 is 0. The van der Waals surface area contributed by atoms with Gasteiger partial charge in [0, 0.05) is 13.6 Å². The first kappa shape index (κ1) is 9.75. The van der Waals surface area contributed by atoms with Crippen molar-refractivity contribution < 1.29 is 0 Å². The molecule has 0 aliphatic rings. The summed E-state index contributed by atoms with van der Waals surface area (Å²) in [5.74, 6) is 0. The summed E-state index contributed by atoms with van der Waals surface area (Å²) in [5, 5.41) is 15.8. The number of aromatic nitrogens is 2. The van der Waals surface area contributed by atoms with Gasteiger partial charge in [-0.2, -0.15) is 10.4 Å². The highest BCUT2D eigenvalue weighted by atomic mass is 15.3. The second-order valence-electron chi connectivity index (χ2n) is 3.13. The molecule has 0 radical (unpaired) electrons. The SMILES string of the molecule is Cc1cnn(C)c1CNC(C)C#N. The zero-order valence-electron chi connectivity index (χ0n) is 8.20. The van der Waals surface area contributed by atoms with E-state index >= 15 is 0 Å². The molecule has 13 heavy (non-hydrogen) atoms. The summed E-state index contributed by atoms with van der Waals surface area (Å²) in [6.07, 6.45) is 1.83. The average Bonchev–Trinajstić information content (AvgIpc) is 2.43. The first-order valence-electron chi connectivity index (χ1n) is 4.25. The fourth-order valence-electron chi connectivity index (χ4n) is 1.12. The van der Waals surface area contributed by atoms with Gasteiger partial charge < -0.3 is 0 Å². The summed E-state index contributed by atoms with van der Waals surface area (Å²) in [6, 6.07) is 2.01. The minimum absolute atomic E-state index is 0.116. The van der Waals surface area contributed by atoms with Gasteiger partial charge in [-0.3, -0.25) is 10.00 Å². The van der Waals surface area contributed by atoms with Gasteiger partial charge in [0.2, 0.25) is 0 Å². The molecule has 1 unspecified atom stereocenters. The van der Waals surface area contributed by atoms with Crippen molar-refractivity contribution in [3.05, 3.63) is 17.5 Å². The minimum atomic E-state index is -0.116. The van der Waals surface area contributed by atoms with Crippen LogP contribution in [0.3, 0.4) is 0 Å². The van der Waals surface area contributed by atoms with E-state index in [1.165, 1.54) is 0 Å². The number of aryl methyl sites for hydroxylation is 2. The van der Waals surface area contributed by atoms with E-state index in [-0.39, 0.29) is 6.04 Å². The molecule has 70 valence electrons. The van der Waals surface area contributed by atoms with Crippen LogP contribution in [0.2, 0.25) is 0 Å². The van der Waals surface area contributed by atoms with Gasteiger partial charge >= 0.3 is 0 Å². The Balaban J connectivity index is 2.60. The Labute approximate surface area is 78.2 Å². The lowest BCUT2D eigenvalue weighted by molar-refractivity contribution is 0.595. The molecule has 4 nitrogen and oxygen atoms in total. The van der Waals surface area contributed by atoms with Gasteiger partial charge in [-0.15, -0.1) is 0 Å². The molecule has 1 heterocycles. The van der Waals surface area contributed by atoms with E-state index in [4.69, 9.17) is 5.26 Å². The highest BCUT2D eigenvalue weighted by molar-refractivity contribution is 5.15. The summed E-state index contributed by atoms with van der Waals surface area (Å²) in [6.45, 7) is 4.55. The molecule has 0 aromatic carbocycles. The van der Waals surface area contributed by atoms with Crippen LogP contribution in [0.4, 0.5) is 0 Å². The van der Waals surface area contributed by atoms with E-state index in [0.29, 0.717) is 6.54 Å². The number of rotatable bonds is 3. The monoisotopic (exact) mass is 178 g/mol. The first-order chi connectivity index (χ1) is 6.15. The lowest BCUT2D eigenvalue weighted by Crippen LogP contribution is -2.25. The predicted octanol–water partition coefficient (Wildman–Crippen LogP) is 0.730. The van der Waals surface area contributed by atoms with Gasteiger partial charge in [-0.1, -0.05) is 0 Å². The Morgan fingerprint density at radius 1 is 1.77 bits per heavy atom. The Kier molecular flexibility index (Phi) is 3.04. The largest absolute Gasteiger partial charge is 0.296 e. The van der Waals surface area contributed by atoms with Crippen LogP contribution in [0, 0.1) is 18.3 Å². The first-order valence-corrected chi connectivity index (χ1v) is 4.25. The molecule has 0 aliphatic heterocycles. The van der Waals surface area contributed by atoms with Gasteiger partial charge in [-0.05, 0) is 19.4 Å². The van der Waals surface area contributed by atoms with Gasteiger partial charge in [-0.25, -0.2) is 0 Å². The highest BCUT2D eigenvalue weighted by Crippen LogP contribution is 2.04. The molecule has 0 fully saturated rings. The van der Waals surface area contributed by atoms with Crippen molar-refractivity contribution in [3.8, 4) is 6.07 Å². The lowest BCUT2D eigenvalue weighted by atomic mass is 10.2. The molecule has 1 N–H and O–H groups in total. The van der Waals surface area contributed by atoms with E-state index in [2.05, 4.69) is 16.5 Å². The van der Waals surface area contributed by atoms with Crippen LogP contribution in [-0.4, -0.2) is 15.8 Å². The molecule has 0 saturated carbocycles. The van der Waals surface area contributed by atoms with Gasteiger partial charge in [0.1, 0.15) is 0 Å². The molecule has 1 rings (SSSR count). The molecular weight excluding hydrogens is 164 g/mol. The van der Waals surface area contributed by atoms with Crippen LogP contribution >= 0.6 is 0 Å². The Morgan fingerprint density at radius 3 is 2.92 bits per heavy atom. The van der Waals surface area contributed by atoms with Crippen LogP contribution in [0.15, 0.2) is 6.20 Å². The molecule has 1 aromatic heterocycles. The fraction of sp³-hybridized carbons (Fsp3) is 0.556. The normalized spacial score (nSPS) is 12.5. The van der Waals surface area contributed by atoms with E-state index in [9.17, 15) is 0 Å². The molecule has 4 heteroatoms. The minimum Gasteiger partial charge on any atom is -0.296 e. The summed E-state index contributed by atoms with van der Waals surface area (Å²) in [4.78, 5) is 0. The molecule has 0 amide bonds. The topological polar surface area (TPSA) is 53.6 Å². The van der Waals surface area contributed by atoms with Crippen molar-refractivity contribution in [1.29, 1.82) is 5.26 Å². The van der Waals surface area contributed by atoms with Crippen LogP contribution < -0.4 is 5.32 Å². The molecule has 1 aromatic rings. The zero-order valence-corrected chi connectivity index (χ0v) is 8.20. The van der Waals surface area contributed by atoms with E-state index in [1.807, 2.05) is 31.8 Å². The molecule has 0 spiro atoms. The van der Waals surface area contributed by atoms with Crippen molar-refractivity contribution in [2.24, 2.45) is 7.05 Å². The second kappa shape index (κ2) is 4.06. The quantitative estimate of drug-likeness (QED) is 0.742. The number of hydrogen-bond donors (Lipinski definition) is 1. The van der Waals surface area contributed by atoms with Gasteiger partial charge in [0.15, 0.2) is 0 Å². The maximum Gasteiger partial charge on any atom is 0.0927 e. The third-order valence-electron chi connectivity index (χ3n) is 2.04. The van der Waals surface area contributed by atoms with Gasteiger partial charge in [0.25, 0.3) is 0 Å². The van der Waals surface area contributed by atoms with Crippen molar-refractivity contribution in [1.82, 2.24) is 15.1 Å². The summed E-state index contributed by atoms with van der Waals surface area (Å²) in [5.41, 5.74) is 2.28. The third-order valence-corrected chi connectivity index (χ3v) is 2.04. The van der Waals surface area contributed by atoms with E-state index < -0.39 is 0 Å². The lowest BCUT2D eigenvalue weighted by Gasteiger charge is -2.07. The maximum atomic E-state index is 8.57. The molecule has 0 saturated heterocycles. The third kappa shape index (κ3) is 2.30. The number of nitriles is 1. The fourth-order valence-corrected chi connectivity index (χ4v) is 1.12. The van der Waals surface area contributed by atoms with Gasteiger partial charge in [0.05, 0.1) is 24.0 Å². The second-order valence-corrected chi connectivity index (χ2v) is 3.13. The molecule has 1 atom stereocenters. The average molecular weight is 178 g/mol. The van der Waals surface area contributed by atoms with Crippen molar-refractivity contribution in [2.45, 2.75) is 26.4 Å². The standard InChI is InChI=1S/C9H14N4/c1-7-5-12-13(3)9(7)6-11-8(2)4-10/h5,8,11H,6H2,1-3H3. The summed E-state index contributed by atoms with van der Waals surface area (Å²) < 4.78 is 1.83. The van der Waals surface area contributed by atoms with Crippen molar-refractivity contribution in [3.63, 3.8) is 0 Å². The molecule has 0 aliphatic carbocycles. The van der Waals surface area contributed by atoms with Crippen molar-refractivity contribution in [2.75, 3.05) is 0 Å². The zero-order chi connectivity index (χ0) is 9.84. The number of nitrogens with zero attached hydrogens (tertiary/aromatic N) is 3. The van der Waals surface area contributed by atoms with E-state index in [0.717, 1.165) is 11.3 Å². The number of hydrogen-bond acceptors (Lipinski definition) is 3. The summed E-state index contributed by atoms with van der Waals surface area (Å²) in [7, 11) is 1.90. The van der Waals surface area contributed by atoms with Crippen LogP contribution in [-0.2, 0) is 13.6 Å². The molecular formula is C9H14N4. The Morgan fingerprint density at radius 2 is 2.46 bits per heavy atom. The van der Waals surface area contributed by atoms with Crippen LogP contribution in [0.1, 0.15) is 18.2 Å². The van der Waals surface area contributed by atoms with Crippen LogP contribution in [0.25, 0.3) is 0 Å². The maximum absolute atomic E-state index is 8.57. The predicted molar refractivity (Wildman–Crippen MR) is 49.9 cm³/mol.